The number of nitrogens with one attached hydrogen (secondary N) is 1. The van der Waals surface area contributed by atoms with Gasteiger partial charge in [-0.05, 0) is 22.0 Å². The number of hydrogen-bond acceptors (Lipinski definition) is 5. The molecule has 0 radical (unpaired) electrons. The molecule has 0 fully saturated rings. The van der Waals surface area contributed by atoms with Crippen LogP contribution in [-0.2, 0) is 19.6 Å². The van der Waals surface area contributed by atoms with Crippen LogP contribution in [0.3, 0.4) is 0 Å². The summed E-state index contributed by atoms with van der Waals surface area (Å²) in [6, 6.07) is -2.41. The molecule has 25 heavy (non-hydrogen) atoms. The Balaban J connectivity index is 3.39. The number of alkyl halides is 6. The number of esters is 1. The number of sulfonamides is 1. The number of thiophene rings is 1. The highest BCUT2D eigenvalue weighted by Crippen LogP contribution is 2.42. The SMILES string of the molecule is COC(=O)C(NS(=O)(=O)c1cc(Br)c(Cl)s1)C(C(F)(F)F)C(F)(F)F. The summed E-state index contributed by atoms with van der Waals surface area (Å²) in [5.41, 5.74) is 0. The summed E-state index contributed by atoms with van der Waals surface area (Å²) in [6.07, 6.45) is -11.9. The van der Waals surface area contributed by atoms with Crippen molar-refractivity contribution in [1.29, 1.82) is 0 Å². The quantitative estimate of drug-likeness (QED) is 0.496. The smallest absolute Gasteiger partial charge is 0.402 e. The Morgan fingerprint density at radius 1 is 1.28 bits per heavy atom. The number of ether oxygens (including phenoxy) is 1. The topological polar surface area (TPSA) is 72.5 Å². The fourth-order valence-electron chi connectivity index (χ4n) is 1.63. The van der Waals surface area contributed by atoms with Crippen molar-refractivity contribution in [3.63, 3.8) is 0 Å². The van der Waals surface area contributed by atoms with Crippen molar-refractivity contribution in [2.24, 2.45) is 5.92 Å². The zero-order valence-corrected chi connectivity index (χ0v) is 15.7. The van der Waals surface area contributed by atoms with Crippen molar-refractivity contribution in [3.8, 4) is 0 Å². The van der Waals surface area contributed by atoms with Crippen LogP contribution >= 0.6 is 38.9 Å². The summed E-state index contributed by atoms with van der Waals surface area (Å²) in [5.74, 6) is -6.36. The third kappa shape index (κ3) is 5.45. The first kappa shape index (κ1) is 22.5. The van der Waals surface area contributed by atoms with Gasteiger partial charge in [-0.25, -0.2) is 8.42 Å². The van der Waals surface area contributed by atoms with Crippen molar-refractivity contribution in [3.05, 3.63) is 14.9 Å². The maximum atomic E-state index is 12.8. The largest absolute Gasteiger partial charge is 0.468 e. The van der Waals surface area contributed by atoms with E-state index in [-0.39, 0.29) is 8.81 Å². The van der Waals surface area contributed by atoms with E-state index in [1.807, 2.05) is 0 Å². The van der Waals surface area contributed by atoms with Gasteiger partial charge in [0, 0.05) is 4.47 Å². The van der Waals surface area contributed by atoms with Crippen molar-refractivity contribution in [1.82, 2.24) is 4.72 Å². The van der Waals surface area contributed by atoms with Crippen LogP contribution < -0.4 is 4.72 Å². The average molecular weight is 499 g/mol. The molecule has 1 rings (SSSR count). The minimum atomic E-state index is -5.96. The summed E-state index contributed by atoms with van der Waals surface area (Å²) in [6.45, 7) is 0. The second-order valence-electron chi connectivity index (χ2n) is 4.37. The second-order valence-corrected chi connectivity index (χ2v) is 8.82. The molecule has 0 saturated heterocycles. The molecule has 0 aromatic carbocycles. The van der Waals surface area contributed by atoms with Gasteiger partial charge < -0.3 is 4.74 Å². The summed E-state index contributed by atoms with van der Waals surface area (Å²) < 4.78 is 105. The van der Waals surface area contributed by atoms with Gasteiger partial charge in [0.05, 0.1) is 7.11 Å². The Bertz CT molecular complexity index is 714. The number of halogens is 8. The Hall–Kier alpha value is -0.570. The highest BCUT2D eigenvalue weighted by atomic mass is 79.9. The average Bonchev–Trinajstić information content (AvgIpc) is 2.74. The van der Waals surface area contributed by atoms with E-state index in [2.05, 4.69) is 20.7 Å². The van der Waals surface area contributed by atoms with Crippen LogP contribution in [0.4, 0.5) is 26.3 Å². The molecule has 0 amide bonds. The molecule has 0 saturated carbocycles. The van der Waals surface area contributed by atoms with Crippen molar-refractivity contribution in [2.45, 2.75) is 22.6 Å². The summed E-state index contributed by atoms with van der Waals surface area (Å²) in [5, 5.41) is 0. The molecule has 144 valence electrons. The van der Waals surface area contributed by atoms with Crippen LogP contribution in [0.1, 0.15) is 0 Å². The minimum absolute atomic E-state index is 0.0531. The van der Waals surface area contributed by atoms with Gasteiger partial charge in [0.1, 0.15) is 14.6 Å². The fourth-order valence-corrected chi connectivity index (χ4v) is 5.14. The summed E-state index contributed by atoms with van der Waals surface area (Å²) >= 11 is 8.80. The molecule has 0 aliphatic rings. The van der Waals surface area contributed by atoms with Gasteiger partial charge in [0.2, 0.25) is 0 Å². The second kappa shape index (κ2) is 7.58. The third-order valence-electron chi connectivity index (χ3n) is 2.66. The first-order valence-electron chi connectivity index (χ1n) is 5.79. The summed E-state index contributed by atoms with van der Waals surface area (Å²) in [4.78, 5) is 11.4. The highest BCUT2D eigenvalue weighted by Gasteiger charge is 2.63. The molecule has 0 aliphatic carbocycles. The van der Waals surface area contributed by atoms with E-state index in [4.69, 9.17) is 11.6 Å². The molecule has 1 aromatic heterocycles. The lowest BCUT2D eigenvalue weighted by atomic mass is 9.99. The van der Waals surface area contributed by atoms with Gasteiger partial charge in [-0.1, -0.05) is 11.6 Å². The fraction of sp³-hybridized carbons (Fsp3) is 0.500. The lowest BCUT2D eigenvalue weighted by molar-refractivity contribution is -0.290. The van der Waals surface area contributed by atoms with Gasteiger partial charge in [0.25, 0.3) is 10.0 Å². The van der Waals surface area contributed by atoms with E-state index in [0.717, 1.165) is 10.8 Å². The van der Waals surface area contributed by atoms with Crippen molar-refractivity contribution < 1.29 is 44.3 Å². The number of hydrogen-bond donors (Lipinski definition) is 1. The van der Waals surface area contributed by atoms with Gasteiger partial charge in [-0.2, -0.15) is 31.1 Å². The van der Waals surface area contributed by atoms with E-state index >= 15 is 0 Å². The van der Waals surface area contributed by atoms with Crippen LogP contribution in [-0.4, -0.2) is 39.9 Å². The van der Waals surface area contributed by atoms with Crippen LogP contribution in [0.25, 0.3) is 0 Å². The minimum Gasteiger partial charge on any atom is -0.468 e. The van der Waals surface area contributed by atoms with Crippen LogP contribution in [0.15, 0.2) is 14.7 Å². The van der Waals surface area contributed by atoms with Crippen molar-refractivity contribution in [2.75, 3.05) is 7.11 Å². The molecule has 1 N–H and O–H groups in total. The van der Waals surface area contributed by atoms with E-state index in [0.29, 0.717) is 18.4 Å². The monoisotopic (exact) mass is 497 g/mol. The normalized spacial score (nSPS) is 14.6. The van der Waals surface area contributed by atoms with E-state index in [9.17, 15) is 39.6 Å². The Kier molecular flexibility index (Phi) is 6.81. The van der Waals surface area contributed by atoms with Crippen LogP contribution in [0.5, 0.6) is 0 Å². The predicted molar refractivity (Wildman–Crippen MR) is 78.8 cm³/mol. The van der Waals surface area contributed by atoms with E-state index in [1.54, 1.807) is 0 Å². The Morgan fingerprint density at radius 2 is 1.76 bits per heavy atom. The van der Waals surface area contributed by atoms with Crippen LogP contribution in [0.2, 0.25) is 4.34 Å². The standard InChI is InChI=1S/C10H7BrClF6NO4S2/c1-23-8(20)5(6(9(13,14)15)10(16,17)18)19-25(21,22)4-2-3(11)7(12)24-4/h2,5-6,19H,1H3. The molecule has 5 nitrogen and oxygen atoms in total. The maximum Gasteiger partial charge on any atom is 0.402 e. The zero-order valence-electron chi connectivity index (χ0n) is 11.7. The maximum absolute atomic E-state index is 12.8. The van der Waals surface area contributed by atoms with Gasteiger partial charge in [-0.15, -0.1) is 11.3 Å². The zero-order chi connectivity index (χ0) is 19.8. The molecule has 0 spiro atoms. The predicted octanol–water partition coefficient (Wildman–Crippen LogP) is 3.72. The first-order valence-corrected chi connectivity index (χ1v) is 9.26. The van der Waals surface area contributed by atoms with Gasteiger partial charge in [0.15, 0.2) is 5.92 Å². The molecule has 1 unspecified atom stereocenters. The van der Waals surface area contributed by atoms with E-state index in [1.165, 1.54) is 0 Å². The van der Waals surface area contributed by atoms with Crippen molar-refractivity contribution >= 4 is 54.9 Å². The van der Waals surface area contributed by atoms with E-state index < -0.39 is 44.5 Å². The highest BCUT2D eigenvalue weighted by molar-refractivity contribution is 9.10. The molecule has 0 bridgehead atoms. The molecule has 0 aliphatic heterocycles. The Morgan fingerprint density at radius 3 is 2.08 bits per heavy atom. The Labute approximate surface area is 154 Å². The lowest BCUT2D eigenvalue weighted by Gasteiger charge is -2.29. The van der Waals surface area contributed by atoms with Gasteiger partial charge >= 0.3 is 18.3 Å². The number of methoxy groups -OCH3 is 1. The molecule has 15 heteroatoms. The van der Waals surface area contributed by atoms with Crippen LogP contribution in [0, 0.1) is 5.92 Å². The molecular formula is C10H7BrClF6NO4S2. The first-order chi connectivity index (χ1) is 11.1. The third-order valence-corrected chi connectivity index (χ3v) is 7.05. The summed E-state index contributed by atoms with van der Waals surface area (Å²) in [7, 11) is -4.41. The molecular weight excluding hydrogens is 492 g/mol. The number of carbonyl (C=O) groups is 1. The number of carbonyl (C=O) groups excluding carboxylic acids is 1. The van der Waals surface area contributed by atoms with Gasteiger partial charge in [-0.3, -0.25) is 4.79 Å². The molecule has 1 aromatic rings. The number of rotatable bonds is 5. The molecule has 1 atom stereocenters. The molecule has 1 heterocycles. The lowest BCUT2D eigenvalue weighted by Crippen LogP contribution is -2.56.